The number of hydrogen-bond donors (Lipinski definition) is 0. The maximum absolute atomic E-state index is 6.62. The number of allylic oxidation sites excluding steroid dienone is 2. The molecule has 2 aliphatic carbocycles. The van der Waals surface area contributed by atoms with Gasteiger partial charge in [-0.3, -0.25) is 0 Å². The van der Waals surface area contributed by atoms with E-state index in [4.69, 9.17) is 9.40 Å². The van der Waals surface area contributed by atoms with E-state index in [0.29, 0.717) is 11.8 Å². The summed E-state index contributed by atoms with van der Waals surface area (Å²) in [6.45, 7) is 0. The quantitative estimate of drug-likeness (QED) is 0.169. The Labute approximate surface area is 339 Å². The third-order valence-electron chi connectivity index (χ3n) is 12.1. The smallest absolute Gasteiger partial charge is 0.227 e. The summed E-state index contributed by atoms with van der Waals surface area (Å²) in [4.78, 5) is 7.60. The van der Waals surface area contributed by atoms with Crippen molar-refractivity contribution in [3.63, 3.8) is 0 Å². The number of rotatable bonds is 6. The van der Waals surface area contributed by atoms with Gasteiger partial charge in [0.05, 0.1) is 11.0 Å². The Bertz CT molecular complexity index is 3370. The lowest BCUT2D eigenvalue weighted by molar-refractivity contribution is 0.516. The van der Waals surface area contributed by atoms with Crippen LogP contribution in [-0.2, 0) is 0 Å². The molecule has 0 bridgehead atoms. The van der Waals surface area contributed by atoms with Gasteiger partial charge in [-0.2, -0.15) is 0 Å². The molecule has 0 saturated heterocycles. The molecule has 0 saturated carbocycles. The molecule has 0 fully saturated rings. The van der Waals surface area contributed by atoms with E-state index in [1.54, 1.807) is 0 Å². The molecular formula is C53H37N3OS. The first-order valence-corrected chi connectivity index (χ1v) is 20.9. The van der Waals surface area contributed by atoms with E-state index in [0.717, 1.165) is 58.3 Å². The third-order valence-corrected chi connectivity index (χ3v) is 13.2. The van der Waals surface area contributed by atoms with Crippen molar-refractivity contribution < 1.29 is 4.42 Å². The highest BCUT2D eigenvalue weighted by molar-refractivity contribution is 7.25. The van der Waals surface area contributed by atoms with E-state index < -0.39 is 0 Å². The number of para-hydroxylation sites is 2. The van der Waals surface area contributed by atoms with Crippen LogP contribution in [0, 0.1) is 5.92 Å². The van der Waals surface area contributed by atoms with Gasteiger partial charge in [-0.15, -0.1) is 11.3 Å². The normalized spacial score (nSPS) is 15.1. The second-order valence-corrected chi connectivity index (χ2v) is 16.5. The summed E-state index contributed by atoms with van der Waals surface area (Å²) < 4.78 is 11.6. The fourth-order valence-electron chi connectivity index (χ4n) is 9.36. The van der Waals surface area contributed by atoms with Crippen LogP contribution in [0.15, 0.2) is 186 Å². The van der Waals surface area contributed by atoms with Gasteiger partial charge in [0, 0.05) is 64.8 Å². The highest BCUT2D eigenvalue weighted by Crippen LogP contribution is 2.43. The number of thiophene rings is 1. The SMILES string of the molecule is C1=CC2=c3oc(-c4ccccc4)nc3=C(c3ccc(N(c4ccc5sc6ccccc6c5c4)c4ccc5c(c4)c4ccccc4n5-c4ccccc4)cc3)CC2CC1. The lowest BCUT2D eigenvalue weighted by Crippen LogP contribution is -2.35. The molecule has 7 aromatic carbocycles. The monoisotopic (exact) mass is 763 g/mol. The van der Waals surface area contributed by atoms with Crippen molar-refractivity contribution in [3.05, 3.63) is 198 Å². The number of hydrogen-bond acceptors (Lipinski definition) is 4. The molecule has 4 nitrogen and oxygen atoms in total. The minimum absolute atomic E-state index is 0.414. The first kappa shape index (κ1) is 33.2. The molecule has 0 N–H and O–H groups in total. The molecule has 12 rings (SSSR count). The highest BCUT2D eigenvalue weighted by atomic mass is 32.1. The van der Waals surface area contributed by atoms with Crippen LogP contribution in [-0.4, -0.2) is 9.55 Å². The van der Waals surface area contributed by atoms with Crippen molar-refractivity contribution >= 4 is 81.5 Å². The van der Waals surface area contributed by atoms with Crippen molar-refractivity contribution in [2.75, 3.05) is 4.90 Å². The summed E-state index contributed by atoms with van der Waals surface area (Å²) >= 11 is 1.85. The second-order valence-electron chi connectivity index (χ2n) is 15.4. The van der Waals surface area contributed by atoms with Gasteiger partial charge in [-0.25, -0.2) is 4.98 Å². The lowest BCUT2D eigenvalue weighted by atomic mass is 9.80. The van der Waals surface area contributed by atoms with Crippen molar-refractivity contribution in [1.82, 2.24) is 9.55 Å². The van der Waals surface area contributed by atoms with Crippen molar-refractivity contribution in [3.8, 4) is 17.1 Å². The maximum Gasteiger partial charge on any atom is 0.227 e. The summed E-state index contributed by atoms with van der Waals surface area (Å²) in [6.07, 6.45) is 7.70. The Kier molecular flexibility index (Phi) is 7.63. The molecule has 5 heteroatoms. The van der Waals surface area contributed by atoms with Gasteiger partial charge >= 0.3 is 0 Å². The van der Waals surface area contributed by atoms with E-state index >= 15 is 0 Å². The predicted molar refractivity (Wildman–Crippen MR) is 242 cm³/mol. The maximum atomic E-state index is 6.62. The zero-order valence-electron chi connectivity index (χ0n) is 31.7. The van der Waals surface area contributed by atoms with Crippen LogP contribution in [0.5, 0.6) is 0 Å². The van der Waals surface area contributed by atoms with Gasteiger partial charge in [0.2, 0.25) is 5.89 Å². The molecule has 2 aliphatic rings. The van der Waals surface area contributed by atoms with Crippen LogP contribution in [0.2, 0.25) is 0 Å². The fourth-order valence-corrected chi connectivity index (χ4v) is 10.4. The highest BCUT2D eigenvalue weighted by Gasteiger charge is 2.27. The van der Waals surface area contributed by atoms with E-state index in [2.05, 4.69) is 173 Å². The Morgan fingerprint density at radius 1 is 0.586 bits per heavy atom. The zero-order valence-corrected chi connectivity index (χ0v) is 32.5. The zero-order chi connectivity index (χ0) is 38.2. The topological polar surface area (TPSA) is 34.2 Å². The average molecular weight is 764 g/mol. The summed E-state index contributed by atoms with van der Waals surface area (Å²) in [6, 6.07) is 61.5. The molecule has 276 valence electrons. The summed E-state index contributed by atoms with van der Waals surface area (Å²) in [5, 5.41) is 6.00. The van der Waals surface area contributed by atoms with Gasteiger partial charge in [-0.1, -0.05) is 97.1 Å². The van der Waals surface area contributed by atoms with Gasteiger partial charge in [0.25, 0.3) is 0 Å². The Hall–Kier alpha value is -6.95. The summed E-state index contributed by atoms with van der Waals surface area (Å²) in [5.41, 5.74) is 12.5. The van der Waals surface area contributed by atoms with E-state index in [1.165, 1.54) is 58.7 Å². The molecule has 1 unspecified atom stereocenters. The lowest BCUT2D eigenvalue weighted by Gasteiger charge is -2.27. The number of fused-ring (bicyclic) bond motifs is 8. The number of aromatic nitrogens is 2. The largest absolute Gasteiger partial charge is 0.436 e. The molecular weight excluding hydrogens is 727 g/mol. The van der Waals surface area contributed by atoms with E-state index in [1.807, 2.05) is 29.5 Å². The Morgan fingerprint density at radius 2 is 1.26 bits per heavy atom. The number of anilines is 3. The van der Waals surface area contributed by atoms with E-state index in [-0.39, 0.29) is 0 Å². The number of oxazole rings is 1. The standard InChI is InChI=1S/C53H37N3OS/c1-3-13-35(14-4-1)53-54-51-44(31-36-15-7-8-18-41(36)52(51)57-53)34-23-25-38(26-24-34)55(40-28-30-50-46(33-40)43-20-10-12-22-49(43)58-50)39-27-29-48-45(32-39)42-19-9-11-21-47(42)56(48)37-16-5-2-6-17-37/h1-6,8-14,16-30,32-33,36H,7,15,31H2. The molecule has 0 radical (unpaired) electrons. The molecule has 10 aromatic rings. The molecule has 0 aliphatic heterocycles. The van der Waals surface area contributed by atoms with Gasteiger partial charge in [0.15, 0.2) is 5.42 Å². The number of benzene rings is 7. The Morgan fingerprint density at radius 3 is 2.10 bits per heavy atom. The third kappa shape index (κ3) is 5.31. The Balaban J connectivity index is 1.04. The first-order valence-electron chi connectivity index (χ1n) is 20.1. The van der Waals surface area contributed by atoms with Gasteiger partial charge in [-0.05, 0) is 121 Å². The minimum Gasteiger partial charge on any atom is -0.436 e. The predicted octanol–water partition coefficient (Wildman–Crippen LogP) is 13.0. The van der Waals surface area contributed by atoms with Crippen molar-refractivity contribution in [2.45, 2.75) is 19.3 Å². The van der Waals surface area contributed by atoms with Crippen LogP contribution in [0.1, 0.15) is 24.8 Å². The summed E-state index contributed by atoms with van der Waals surface area (Å²) in [7, 11) is 0. The van der Waals surface area contributed by atoms with Crippen molar-refractivity contribution in [2.24, 2.45) is 5.92 Å². The minimum atomic E-state index is 0.414. The molecule has 0 spiro atoms. The van der Waals surface area contributed by atoms with Crippen LogP contribution < -0.4 is 15.7 Å². The molecule has 1 atom stereocenters. The van der Waals surface area contributed by atoms with Crippen molar-refractivity contribution in [1.29, 1.82) is 0 Å². The molecule has 3 heterocycles. The summed E-state index contributed by atoms with van der Waals surface area (Å²) in [5.74, 6) is 1.09. The second kappa shape index (κ2) is 13.3. The van der Waals surface area contributed by atoms with Crippen LogP contribution in [0.25, 0.3) is 70.3 Å². The number of nitrogens with zero attached hydrogens (tertiary/aromatic N) is 3. The first-order chi connectivity index (χ1) is 28.7. The van der Waals surface area contributed by atoms with Crippen LogP contribution in [0.4, 0.5) is 17.1 Å². The van der Waals surface area contributed by atoms with Gasteiger partial charge < -0.3 is 13.9 Å². The molecule has 0 amide bonds. The van der Waals surface area contributed by atoms with Crippen LogP contribution in [0.3, 0.4) is 0 Å². The van der Waals surface area contributed by atoms with Crippen LogP contribution >= 0.6 is 11.3 Å². The molecule has 3 aromatic heterocycles. The average Bonchev–Trinajstić information content (AvgIpc) is 4.00. The van der Waals surface area contributed by atoms with E-state index in [9.17, 15) is 0 Å². The fraction of sp³-hybridized carbons (Fsp3) is 0.0755. The van der Waals surface area contributed by atoms with Gasteiger partial charge in [0.1, 0.15) is 5.35 Å². The molecule has 58 heavy (non-hydrogen) atoms.